The Morgan fingerprint density at radius 1 is 1.47 bits per heavy atom. The van der Waals surface area contributed by atoms with Crippen molar-refractivity contribution in [2.75, 3.05) is 12.4 Å². The van der Waals surface area contributed by atoms with Crippen LogP contribution in [0.25, 0.3) is 0 Å². The molecule has 1 aliphatic carbocycles. The molecule has 1 amide bonds. The fraction of sp³-hybridized carbons (Fsp3) is 0.385. The average molecular weight is 233 g/mol. The van der Waals surface area contributed by atoms with E-state index >= 15 is 0 Å². The monoisotopic (exact) mass is 233 g/mol. The van der Waals surface area contributed by atoms with Crippen molar-refractivity contribution >= 4 is 17.9 Å². The van der Waals surface area contributed by atoms with Crippen LogP contribution in [0.3, 0.4) is 0 Å². The Morgan fingerprint density at radius 2 is 2.24 bits per heavy atom. The molecule has 90 valence electrons. The summed E-state index contributed by atoms with van der Waals surface area (Å²) in [6.07, 6.45) is 3.68. The number of benzene rings is 1. The fourth-order valence-electron chi connectivity index (χ4n) is 2.36. The van der Waals surface area contributed by atoms with Crippen LogP contribution in [0.4, 0.5) is 5.69 Å². The van der Waals surface area contributed by atoms with Crippen LogP contribution >= 0.6 is 0 Å². The fourth-order valence-corrected chi connectivity index (χ4v) is 2.36. The second-order valence-corrected chi connectivity index (χ2v) is 4.16. The third kappa shape index (κ3) is 2.02. The Morgan fingerprint density at radius 3 is 2.82 bits per heavy atom. The number of aryl methyl sites for hydroxylation is 1. The van der Waals surface area contributed by atoms with Crippen LogP contribution in [0.1, 0.15) is 34.8 Å². The first kappa shape index (κ1) is 11.6. The molecule has 0 fully saturated rings. The molecule has 4 heteroatoms. The third-order valence-corrected chi connectivity index (χ3v) is 3.01. The molecular formula is C13H15NO3. The number of hydrogen-bond donors (Lipinski definition) is 1. The van der Waals surface area contributed by atoms with E-state index in [4.69, 9.17) is 4.74 Å². The van der Waals surface area contributed by atoms with Crippen LogP contribution in [-0.2, 0) is 17.6 Å². The molecule has 4 nitrogen and oxygen atoms in total. The summed E-state index contributed by atoms with van der Waals surface area (Å²) in [5.74, 6) is 0.316. The summed E-state index contributed by atoms with van der Waals surface area (Å²) in [5.41, 5.74) is 3.40. The first-order valence-electron chi connectivity index (χ1n) is 5.63. The summed E-state index contributed by atoms with van der Waals surface area (Å²) < 4.78 is 5.25. The van der Waals surface area contributed by atoms with Gasteiger partial charge in [0.1, 0.15) is 0 Å². The molecule has 0 atom stereocenters. The standard InChI is InChI=1S/C13H15NO3/c1-8(16)14-12-11-5-3-4-9(11)6-10(7-15)13(12)17-2/h6-7H,3-5H2,1-2H3,(H,14,16). The molecule has 0 spiro atoms. The number of carbonyl (C=O) groups is 2. The number of carbonyl (C=O) groups excluding carboxylic acids is 2. The maximum Gasteiger partial charge on any atom is 0.221 e. The molecule has 1 N–H and O–H groups in total. The number of anilines is 1. The van der Waals surface area contributed by atoms with E-state index < -0.39 is 0 Å². The molecule has 0 bridgehead atoms. The van der Waals surface area contributed by atoms with Crippen LogP contribution in [0.5, 0.6) is 5.75 Å². The highest BCUT2D eigenvalue weighted by atomic mass is 16.5. The van der Waals surface area contributed by atoms with E-state index in [-0.39, 0.29) is 5.91 Å². The molecule has 0 saturated carbocycles. The Hall–Kier alpha value is -1.84. The predicted octanol–water partition coefficient (Wildman–Crippen LogP) is 1.95. The van der Waals surface area contributed by atoms with Crippen molar-refractivity contribution in [3.63, 3.8) is 0 Å². The van der Waals surface area contributed by atoms with Crippen LogP contribution in [0, 0.1) is 0 Å². The summed E-state index contributed by atoms with van der Waals surface area (Å²) in [7, 11) is 1.51. The Balaban J connectivity index is 2.62. The molecule has 0 aromatic heterocycles. The lowest BCUT2D eigenvalue weighted by molar-refractivity contribution is -0.114. The van der Waals surface area contributed by atoms with E-state index in [2.05, 4.69) is 5.32 Å². The van der Waals surface area contributed by atoms with Crippen molar-refractivity contribution in [2.45, 2.75) is 26.2 Å². The van der Waals surface area contributed by atoms with Gasteiger partial charge in [-0.3, -0.25) is 9.59 Å². The van der Waals surface area contributed by atoms with E-state index in [9.17, 15) is 9.59 Å². The summed E-state index contributed by atoms with van der Waals surface area (Å²) in [4.78, 5) is 22.3. The molecule has 0 radical (unpaired) electrons. The van der Waals surface area contributed by atoms with E-state index in [1.807, 2.05) is 6.07 Å². The molecule has 0 aliphatic heterocycles. The molecule has 17 heavy (non-hydrogen) atoms. The quantitative estimate of drug-likeness (QED) is 0.812. The number of ether oxygens (including phenoxy) is 1. The Kier molecular flexibility index (Phi) is 3.13. The minimum Gasteiger partial charge on any atom is -0.494 e. The van der Waals surface area contributed by atoms with Gasteiger partial charge in [0.15, 0.2) is 12.0 Å². The first-order chi connectivity index (χ1) is 8.17. The minimum absolute atomic E-state index is 0.152. The number of aldehydes is 1. The normalized spacial score (nSPS) is 13.1. The van der Waals surface area contributed by atoms with Crippen LogP contribution in [0.15, 0.2) is 6.07 Å². The lowest BCUT2D eigenvalue weighted by Gasteiger charge is -2.15. The first-order valence-corrected chi connectivity index (χ1v) is 5.63. The van der Waals surface area contributed by atoms with Crippen LogP contribution in [0.2, 0.25) is 0 Å². The zero-order valence-corrected chi connectivity index (χ0v) is 10.0. The zero-order valence-electron chi connectivity index (χ0n) is 10.0. The third-order valence-electron chi connectivity index (χ3n) is 3.01. The number of hydrogen-bond acceptors (Lipinski definition) is 3. The van der Waals surface area contributed by atoms with Gasteiger partial charge in [0.05, 0.1) is 18.4 Å². The SMILES string of the molecule is COc1c(C=O)cc2c(c1NC(C)=O)CCC2. The second-order valence-electron chi connectivity index (χ2n) is 4.16. The van der Waals surface area contributed by atoms with Crippen molar-refractivity contribution < 1.29 is 14.3 Å². The minimum atomic E-state index is -0.152. The maximum absolute atomic E-state index is 11.2. The topological polar surface area (TPSA) is 55.4 Å². The van der Waals surface area contributed by atoms with Gasteiger partial charge in [-0.05, 0) is 36.5 Å². The van der Waals surface area contributed by atoms with Crippen LogP contribution in [-0.4, -0.2) is 19.3 Å². The number of fused-ring (bicyclic) bond motifs is 1. The van der Waals surface area contributed by atoms with E-state index in [1.165, 1.54) is 14.0 Å². The largest absolute Gasteiger partial charge is 0.494 e. The molecule has 0 heterocycles. The van der Waals surface area contributed by atoms with E-state index in [0.717, 1.165) is 36.7 Å². The number of rotatable bonds is 3. The van der Waals surface area contributed by atoms with Gasteiger partial charge in [-0.15, -0.1) is 0 Å². The van der Waals surface area contributed by atoms with E-state index in [0.29, 0.717) is 17.0 Å². The molecule has 1 aliphatic rings. The van der Waals surface area contributed by atoms with Crippen molar-refractivity contribution in [3.8, 4) is 5.75 Å². The highest BCUT2D eigenvalue weighted by molar-refractivity contribution is 5.95. The number of nitrogens with one attached hydrogen (secondary N) is 1. The highest BCUT2D eigenvalue weighted by Gasteiger charge is 2.22. The van der Waals surface area contributed by atoms with E-state index in [1.54, 1.807) is 0 Å². The average Bonchev–Trinajstić information content (AvgIpc) is 2.75. The molecule has 1 aromatic rings. The van der Waals surface area contributed by atoms with Gasteiger partial charge in [-0.25, -0.2) is 0 Å². The van der Waals surface area contributed by atoms with Gasteiger partial charge in [0.2, 0.25) is 5.91 Å². The van der Waals surface area contributed by atoms with Crippen molar-refractivity contribution in [3.05, 3.63) is 22.8 Å². The van der Waals surface area contributed by atoms with Gasteiger partial charge in [-0.2, -0.15) is 0 Å². The smallest absolute Gasteiger partial charge is 0.221 e. The Labute approximate surface area is 100.0 Å². The molecule has 0 unspecified atom stereocenters. The zero-order chi connectivity index (χ0) is 12.4. The van der Waals surface area contributed by atoms with Gasteiger partial charge in [-0.1, -0.05) is 0 Å². The molecule has 2 rings (SSSR count). The number of amides is 1. The molecule has 0 saturated heterocycles. The van der Waals surface area contributed by atoms with Gasteiger partial charge in [0, 0.05) is 6.92 Å². The summed E-state index contributed by atoms with van der Waals surface area (Å²) in [6.45, 7) is 1.45. The second kappa shape index (κ2) is 4.57. The highest BCUT2D eigenvalue weighted by Crippen LogP contribution is 2.38. The van der Waals surface area contributed by atoms with Crippen molar-refractivity contribution in [1.82, 2.24) is 0 Å². The van der Waals surface area contributed by atoms with Crippen molar-refractivity contribution in [1.29, 1.82) is 0 Å². The van der Waals surface area contributed by atoms with Gasteiger partial charge in [0.25, 0.3) is 0 Å². The number of methoxy groups -OCH3 is 1. The Bertz CT molecular complexity index is 480. The van der Waals surface area contributed by atoms with Crippen LogP contribution < -0.4 is 10.1 Å². The lowest BCUT2D eigenvalue weighted by atomic mass is 10.0. The van der Waals surface area contributed by atoms with Crippen molar-refractivity contribution in [2.24, 2.45) is 0 Å². The maximum atomic E-state index is 11.2. The van der Waals surface area contributed by atoms with Gasteiger partial charge < -0.3 is 10.1 Å². The summed E-state index contributed by atoms with van der Waals surface area (Å²) in [5, 5.41) is 2.78. The molecular weight excluding hydrogens is 218 g/mol. The lowest BCUT2D eigenvalue weighted by Crippen LogP contribution is -2.11. The summed E-state index contributed by atoms with van der Waals surface area (Å²) >= 11 is 0. The summed E-state index contributed by atoms with van der Waals surface area (Å²) in [6, 6.07) is 1.86. The molecule has 1 aromatic carbocycles. The predicted molar refractivity (Wildman–Crippen MR) is 64.7 cm³/mol. The van der Waals surface area contributed by atoms with Gasteiger partial charge >= 0.3 is 0 Å².